The van der Waals surface area contributed by atoms with Crippen molar-refractivity contribution in [3.63, 3.8) is 0 Å². The van der Waals surface area contributed by atoms with Crippen molar-refractivity contribution in [1.82, 2.24) is 0 Å². The summed E-state index contributed by atoms with van der Waals surface area (Å²) in [4.78, 5) is 35.7. The highest BCUT2D eigenvalue weighted by Crippen LogP contribution is 2.47. The summed E-state index contributed by atoms with van der Waals surface area (Å²) >= 11 is 0. The molecule has 0 spiro atoms. The third-order valence-corrected chi connectivity index (χ3v) is 11.8. The summed E-state index contributed by atoms with van der Waals surface area (Å²) in [6, 6.07) is 0. The number of carbonyl (C=O) groups excluding carboxylic acids is 2. The number of carbonyl (C=O) groups is 2. The van der Waals surface area contributed by atoms with Crippen LogP contribution < -0.4 is 0 Å². The minimum absolute atomic E-state index is 0.0867. The molecule has 0 saturated heterocycles. The lowest BCUT2D eigenvalue weighted by atomic mass is 9.85. The molecule has 0 aliphatic heterocycles. The first-order valence-corrected chi connectivity index (χ1v) is 24.6. The molecule has 13 nitrogen and oxygen atoms in total. The van der Waals surface area contributed by atoms with Gasteiger partial charge in [-0.3, -0.25) is 18.6 Å². The van der Waals surface area contributed by atoms with Crippen LogP contribution in [0, 0.1) is 0 Å². The highest BCUT2D eigenvalue weighted by atomic mass is 31.2. The Balaban J connectivity index is 2.47. The number of aliphatic hydroxyl groups excluding tert-OH is 5. The highest BCUT2D eigenvalue weighted by Gasteiger charge is 2.51. The Morgan fingerprint density at radius 1 is 0.508 bits per heavy atom. The molecule has 59 heavy (non-hydrogen) atoms. The quantitative estimate of drug-likeness (QED) is 0.0149. The third kappa shape index (κ3) is 28.5. The first-order chi connectivity index (χ1) is 28.4. The first-order valence-electron chi connectivity index (χ1n) is 23.1. The summed E-state index contributed by atoms with van der Waals surface area (Å²) in [5, 5.41) is 50.1. The zero-order valence-corrected chi connectivity index (χ0v) is 37.4. The van der Waals surface area contributed by atoms with Gasteiger partial charge in [0.05, 0.1) is 6.61 Å². The zero-order chi connectivity index (χ0) is 43.6. The largest absolute Gasteiger partial charge is 0.472 e. The van der Waals surface area contributed by atoms with Gasteiger partial charge in [0.15, 0.2) is 6.10 Å². The van der Waals surface area contributed by atoms with Crippen LogP contribution in [0.4, 0.5) is 0 Å². The van der Waals surface area contributed by atoms with Crippen molar-refractivity contribution in [3.05, 3.63) is 24.3 Å². The lowest BCUT2D eigenvalue weighted by Gasteiger charge is -2.41. The summed E-state index contributed by atoms with van der Waals surface area (Å²) in [6.45, 7) is 3.28. The number of aliphatic hydroxyl groups is 5. The molecular formula is C45H83O13P. The van der Waals surface area contributed by atoms with Crippen molar-refractivity contribution in [2.45, 2.75) is 236 Å². The molecule has 6 unspecified atom stereocenters. The van der Waals surface area contributed by atoms with E-state index in [1.807, 2.05) is 0 Å². The number of esters is 2. The van der Waals surface area contributed by atoms with E-state index < -0.39 is 75.7 Å². The summed E-state index contributed by atoms with van der Waals surface area (Å²) in [5.41, 5.74) is 0. The molecule has 1 aliphatic carbocycles. The lowest BCUT2D eigenvalue weighted by Crippen LogP contribution is -2.64. The van der Waals surface area contributed by atoms with Crippen molar-refractivity contribution < 1.29 is 63.1 Å². The molecule has 6 N–H and O–H groups in total. The molecule has 1 rings (SSSR count). The Hall–Kier alpha value is -1.67. The molecule has 0 aromatic carbocycles. The fourth-order valence-electron chi connectivity index (χ4n) is 6.98. The molecular weight excluding hydrogens is 779 g/mol. The van der Waals surface area contributed by atoms with E-state index in [2.05, 4.69) is 38.2 Å². The maximum Gasteiger partial charge on any atom is 0.472 e. The molecule has 14 heteroatoms. The number of phosphoric ester groups is 1. The molecule has 0 amide bonds. The van der Waals surface area contributed by atoms with Gasteiger partial charge in [-0.2, -0.15) is 0 Å². The molecule has 1 saturated carbocycles. The number of ether oxygens (including phenoxy) is 2. The van der Waals surface area contributed by atoms with Crippen LogP contribution in [0.3, 0.4) is 0 Å². The molecule has 0 heterocycles. The molecule has 0 bridgehead atoms. The standard InChI is InChI=1S/C45H83O13P/c1-3-5-7-9-11-13-15-17-19-21-23-25-27-29-31-33-38(46)55-35-37(36-56-59(53,54)58-45-43(51)41(49)40(48)42(50)44(45)52)57-39(47)34-32-30-28-26-24-22-20-18-16-14-12-10-8-6-4-2/h17-20,37,40-45,48-52H,3-16,21-36H2,1-2H3,(H,53,54)/b19-17+,20-18+/t37-,40?,41-,42?,43?,44?,45?/m1/s1. The summed E-state index contributed by atoms with van der Waals surface area (Å²) in [5.74, 6) is -1.11. The van der Waals surface area contributed by atoms with Gasteiger partial charge in [-0.05, 0) is 64.2 Å². The van der Waals surface area contributed by atoms with Gasteiger partial charge in [-0.25, -0.2) is 4.57 Å². The summed E-state index contributed by atoms with van der Waals surface area (Å²) < 4.78 is 33.5. The van der Waals surface area contributed by atoms with E-state index >= 15 is 0 Å². The second-order valence-corrected chi connectivity index (χ2v) is 17.7. The Labute approximate surface area is 356 Å². The van der Waals surface area contributed by atoms with Gasteiger partial charge in [-0.1, -0.05) is 141 Å². The van der Waals surface area contributed by atoms with Crippen LogP contribution in [-0.4, -0.2) is 98.3 Å². The van der Waals surface area contributed by atoms with E-state index in [0.717, 1.165) is 77.0 Å². The van der Waals surface area contributed by atoms with Gasteiger partial charge >= 0.3 is 19.8 Å². The topological polar surface area (TPSA) is 210 Å². The summed E-state index contributed by atoms with van der Waals surface area (Å²) in [6.07, 6.45) is 25.2. The predicted octanol–water partition coefficient (Wildman–Crippen LogP) is 8.84. The zero-order valence-electron chi connectivity index (χ0n) is 36.6. The minimum Gasteiger partial charge on any atom is -0.462 e. The minimum atomic E-state index is -5.12. The van der Waals surface area contributed by atoms with E-state index in [1.54, 1.807) is 0 Å². The molecule has 0 radical (unpaired) electrons. The Morgan fingerprint density at radius 2 is 0.864 bits per heavy atom. The van der Waals surface area contributed by atoms with Crippen LogP contribution in [0.2, 0.25) is 0 Å². The van der Waals surface area contributed by atoms with Gasteiger partial charge in [0.1, 0.15) is 43.2 Å². The van der Waals surface area contributed by atoms with Gasteiger partial charge in [0, 0.05) is 12.8 Å². The lowest BCUT2D eigenvalue weighted by molar-refractivity contribution is -0.220. The third-order valence-electron chi connectivity index (χ3n) is 10.8. The maximum atomic E-state index is 12.8. The number of unbranched alkanes of at least 4 members (excludes halogenated alkanes) is 22. The van der Waals surface area contributed by atoms with Crippen LogP contribution >= 0.6 is 7.82 Å². The van der Waals surface area contributed by atoms with Gasteiger partial charge in [-0.15, -0.1) is 0 Å². The van der Waals surface area contributed by atoms with Crippen LogP contribution in [0.1, 0.15) is 194 Å². The van der Waals surface area contributed by atoms with Crippen molar-refractivity contribution >= 4 is 19.8 Å². The summed E-state index contributed by atoms with van der Waals surface area (Å²) in [7, 11) is -5.12. The normalized spacial score (nSPS) is 22.5. The fourth-order valence-corrected chi connectivity index (χ4v) is 7.95. The van der Waals surface area contributed by atoms with E-state index in [0.29, 0.717) is 12.8 Å². The van der Waals surface area contributed by atoms with E-state index in [-0.39, 0.29) is 12.8 Å². The molecule has 346 valence electrons. The molecule has 1 fully saturated rings. The molecule has 0 aromatic heterocycles. The molecule has 0 aromatic rings. The Bertz CT molecular complexity index is 1130. The highest BCUT2D eigenvalue weighted by molar-refractivity contribution is 7.47. The van der Waals surface area contributed by atoms with E-state index in [4.69, 9.17) is 18.5 Å². The van der Waals surface area contributed by atoms with Crippen LogP contribution in [-0.2, 0) is 32.7 Å². The van der Waals surface area contributed by atoms with Gasteiger partial charge in [0.25, 0.3) is 0 Å². The van der Waals surface area contributed by atoms with Crippen LogP contribution in [0.15, 0.2) is 24.3 Å². The average molecular weight is 863 g/mol. The number of rotatable bonds is 38. The number of phosphoric acid groups is 1. The Morgan fingerprint density at radius 3 is 1.29 bits per heavy atom. The Kier molecular flexibility index (Phi) is 33.7. The first kappa shape index (κ1) is 55.3. The molecule has 1 aliphatic rings. The van der Waals surface area contributed by atoms with Crippen LogP contribution in [0.5, 0.6) is 0 Å². The fraction of sp³-hybridized carbons (Fsp3) is 0.867. The van der Waals surface area contributed by atoms with Gasteiger partial charge < -0.3 is 39.9 Å². The van der Waals surface area contributed by atoms with Crippen LogP contribution in [0.25, 0.3) is 0 Å². The molecule has 8 atom stereocenters. The smallest absolute Gasteiger partial charge is 0.462 e. The average Bonchev–Trinajstić information content (AvgIpc) is 3.21. The van der Waals surface area contributed by atoms with E-state index in [9.17, 15) is 44.6 Å². The van der Waals surface area contributed by atoms with Crippen molar-refractivity contribution in [2.75, 3.05) is 13.2 Å². The van der Waals surface area contributed by atoms with Gasteiger partial charge in [0.2, 0.25) is 0 Å². The number of hydrogen-bond donors (Lipinski definition) is 6. The monoisotopic (exact) mass is 863 g/mol. The maximum absolute atomic E-state index is 12.8. The number of hydrogen-bond acceptors (Lipinski definition) is 12. The second kappa shape index (κ2) is 35.9. The van der Waals surface area contributed by atoms with Crippen molar-refractivity contribution in [3.8, 4) is 0 Å². The van der Waals surface area contributed by atoms with E-state index in [1.165, 1.54) is 77.0 Å². The predicted molar refractivity (Wildman–Crippen MR) is 230 cm³/mol. The van der Waals surface area contributed by atoms with Crippen molar-refractivity contribution in [2.24, 2.45) is 0 Å². The van der Waals surface area contributed by atoms with Crippen molar-refractivity contribution in [1.29, 1.82) is 0 Å². The number of allylic oxidation sites excluding steroid dienone is 4. The second-order valence-electron chi connectivity index (χ2n) is 16.3. The SMILES string of the molecule is CCCCCCCC/C=C/CCCCCCCC(=O)OC[C@H](COP(=O)(O)OC1C(O)C(O)C(O)[C@@H](O)C1O)OC(=O)CCCCCCC/C=C/CCCCCCCC.